The van der Waals surface area contributed by atoms with E-state index in [-0.39, 0.29) is 11.9 Å². The van der Waals surface area contributed by atoms with Crippen LogP contribution in [-0.2, 0) is 10.4 Å². The van der Waals surface area contributed by atoms with E-state index in [9.17, 15) is 9.90 Å². The number of halogens is 1. The number of carbonyl (C=O) groups excluding carboxylic acids is 1. The van der Waals surface area contributed by atoms with Gasteiger partial charge in [0.2, 0.25) is 5.91 Å². The van der Waals surface area contributed by atoms with Crippen molar-refractivity contribution in [2.45, 2.75) is 44.8 Å². The van der Waals surface area contributed by atoms with Gasteiger partial charge in [-0.2, -0.15) is 0 Å². The van der Waals surface area contributed by atoms with Crippen molar-refractivity contribution in [2.75, 3.05) is 13.1 Å². The topological polar surface area (TPSA) is 45.5 Å². The van der Waals surface area contributed by atoms with Crippen molar-refractivity contribution in [2.24, 2.45) is 5.92 Å². The molecular formula is C21H27ClN2O2. The number of nitrogens with zero attached hydrogens (tertiary/aromatic N) is 2. The second-order valence-corrected chi connectivity index (χ2v) is 8.08. The predicted molar refractivity (Wildman–Crippen MR) is 104 cm³/mol. The van der Waals surface area contributed by atoms with Gasteiger partial charge in [0.15, 0.2) is 0 Å². The Morgan fingerprint density at radius 3 is 2.27 bits per heavy atom. The number of hydrogen-bond acceptors (Lipinski definition) is 2. The van der Waals surface area contributed by atoms with Gasteiger partial charge in [0.1, 0.15) is 6.04 Å². The molecule has 0 saturated carbocycles. The van der Waals surface area contributed by atoms with Crippen molar-refractivity contribution in [1.82, 2.24) is 9.47 Å². The second-order valence-electron chi connectivity index (χ2n) is 7.64. The Hall–Kier alpha value is -1.78. The largest absolute Gasteiger partial charge is 0.385 e. The molecule has 0 radical (unpaired) electrons. The van der Waals surface area contributed by atoms with E-state index in [4.69, 9.17) is 11.6 Å². The summed E-state index contributed by atoms with van der Waals surface area (Å²) in [6.07, 6.45) is 5.81. The minimum Gasteiger partial charge on any atom is -0.385 e. The average Bonchev–Trinajstić information content (AvgIpc) is 3.14. The van der Waals surface area contributed by atoms with Crippen LogP contribution in [0.4, 0.5) is 0 Å². The van der Waals surface area contributed by atoms with Crippen LogP contribution in [0.15, 0.2) is 48.8 Å². The quantitative estimate of drug-likeness (QED) is 0.850. The summed E-state index contributed by atoms with van der Waals surface area (Å²) in [4.78, 5) is 15.0. The first kappa shape index (κ1) is 19.0. The molecule has 2 heterocycles. The van der Waals surface area contributed by atoms with Crippen LogP contribution in [-0.4, -0.2) is 33.6 Å². The van der Waals surface area contributed by atoms with E-state index in [0.717, 1.165) is 12.0 Å². The van der Waals surface area contributed by atoms with Gasteiger partial charge in [0.25, 0.3) is 0 Å². The fourth-order valence-corrected chi connectivity index (χ4v) is 3.83. The molecular weight excluding hydrogens is 348 g/mol. The van der Waals surface area contributed by atoms with E-state index < -0.39 is 5.60 Å². The summed E-state index contributed by atoms with van der Waals surface area (Å²) in [5, 5.41) is 11.7. The number of amides is 1. The van der Waals surface area contributed by atoms with Crippen molar-refractivity contribution in [3.05, 3.63) is 59.4 Å². The van der Waals surface area contributed by atoms with Crippen LogP contribution in [0.25, 0.3) is 0 Å². The van der Waals surface area contributed by atoms with E-state index in [1.54, 1.807) is 12.1 Å². The molecule has 0 aliphatic carbocycles. The summed E-state index contributed by atoms with van der Waals surface area (Å²) in [7, 11) is 0. The lowest BCUT2D eigenvalue weighted by molar-refractivity contribution is -0.139. The molecule has 0 bridgehead atoms. The molecule has 1 aromatic carbocycles. The first-order valence-electron chi connectivity index (χ1n) is 9.29. The van der Waals surface area contributed by atoms with E-state index in [2.05, 4.69) is 13.8 Å². The molecule has 0 unspecified atom stereocenters. The number of aromatic nitrogens is 1. The summed E-state index contributed by atoms with van der Waals surface area (Å²) in [6.45, 7) is 5.40. The van der Waals surface area contributed by atoms with Gasteiger partial charge in [0.05, 0.1) is 5.60 Å². The Labute approximate surface area is 160 Å². The molecule has 1 aliphatic heterocycles. The molecule has 4 nitrogen and oxygen atoms in total. The molecule has 0 spiro atoms. The van der Waals surface area contributed by atoms with E-state index in [1.165, 1.54) is 0 Å². The number of likely N-dealkylation sites (tertiary alicyclic amines) is 1. The third kappa shape index (κ3) is 4.13. The number of aliphatic hydroxyl groups is 1. The minimum absolute atomic E-state index is 0.146. The van der Waals surface area contributed by atoms with E-state index in [1.807, 2.05) is 46.1 Å². The Morgan fingerprint density at radius 2 is 1.73 bits per heavy atom. The molecule has 1 aromatic heterocycles. The highest BCUT2D eigenvalue weighted by Crippen LogP contribution is 2.34. The van der Waals surface area contributed by atoms with Gasteiger partial charge < -0.3 is 14.6 Å². The van der Waals surface area contributed by atoms with Gasteiger partial charge in [-0.05, 0) is 55.0 Å². The van der Waals surface area contributed by atoms with Gasteiger partial charge in [-0.25, -0.2) is 0 Å². The zero-order valence-corrected chi connectivity index (χ0v) is 16.2. The summed E-state index contributed by atoms with van der Waals surface area (Å²) >= 11 is 5.95. The average molecular weight is 375 g/mol. The first-order valence-corrected chi connectivity index (χ1v) is 9.66. The highest BCUT2D eigenvalue weighted by atomic mass is 35.5. The highest BCUT2D eigenvalue weighted by Gasteiger charge is 2.37. The molecule has 1 N–H and O–H groups in total. The van der Waals surface area contributed by atoms with Crippen LogP contribution in [0.3, 0.4) is 0 Å². The van der Waals surface area contributed by atoms with Crippen molar-refractivity contribution in [3.8, 4) is 0 Å². The van der Waals surface area contributed by atoms with Gasteiger partial charge in [-0.1, -0.05) is 37.6 Å². The van der Waals surface area contributed by atoms with Crippen LogP contribution in [0.1, 0.15) is 44.7 Å². The summed E-state index contributed by atoms with van der Waals surface area (Å²) in [5.41, 5.74) is -0.0133. The zero-order valence-electron chi connectivity index (χ0n) is 15.4. The van der Waals surface area contributed by atoms with E-state index >= 15 is 0 Å². The first-order chi connectivity index (χ1) is 12.4. The number of carbonyl (C=O) groups is 1. The highest BCUT2D eigenvalue weighted by molar-refractivity contribution is 6.30. The van der Waals surface area contributed by atoms with Crippen molar-refractivity contribution in [3.63, 3.8) is 0 Å². The van der Waals surface area contributed by atoms with Crippen molar-refractivity contribution >= 4 is 17.5 Å². The minimum atomic E-state index is -0.887. The molecule has 1 amide bonds. The Bertz CT molecular complexity index is 717. The SMILES string of the molecule is CC(C)C[C@@H](C(=O)N1CCC(O)(c2ccc(Cl)cc2)CC1)n1cccc1. The van der Waals surface area contributed by atoms with Gasteiger partial charge in [-0.3, -0.25) is 4.79 Å². The van der Waals surface area contributed by atoms with Crippen molar-refractivity contribution < 1.29 is 9.90 Å². The Balaban J connectivity index is 1.69. The maximum atomic E-state index is 13.1. The maximum Gasteiger partial charge on any atom is 0.245 e. The lowest BCUT2D eigenvalue weighted by Crippen LogP contribution is -2.47. The lowest BCUT2D eigenvalue weighted by atomic mass is 9.84. The Morgan fingerprint density at radius 1 is 1.15 bits per heavy atom. The number of rotatable bonds is 5. The zero-order chi connectivity index (χ0) is 18.7. The fraction of sp³-hybridized carbons (Fsp3) is 0.476. The standard InChI is InChI=1S/C21H27ClN2O2/c1-16(2)15-19(23-11-3-4-12-23)20(25)24-13-9-21(26,10-14-24)17-5-7-18(22)8-6-17/h3-8,11-12,16,19,26H,9-10,13-15H2,1-2H3/t19-/m0/s1. The molecule has 5 heteroatoms. The lowest BCUT2D eigenvalue weighted by Gasteiger charge is -2.40. The molecule has 1 saturated heterocycles. The molecule has 2 aromatic rings. The van der Waals surface area contributed by atoms with Crippen molar-refractivity contribution in [1.29, 1.82) is 0 Å². The third-order valence-corrected chi connectivity index (χ3v) is 5.50. The summed E-state index contributed by atoms with van der Waals surface area (Å²) in [6, 6.07) is 11.1. The second kappa shape index (κ2) is 7.85. The number of benzene rings is 1. The fourth-order valence-electron chi connectivity index (χ4n) is 3.71. The summed E-state index contributed by atoms with van der Waals surface area (Å²) in [5.74, 6) is 0.579. The molecule has 26 heavy (non-hydrogen) atoms. The van der Waals surface area contributed by atoms with Gasteiger partial charge in [-0.15, -0.1) is 0 Å². The van der Waals surface area contributed by atoms with Crippen LogP contribution >= 0.6 is 11.6 Å². The molecule has 140 valence electrons. The molecule has 1 fully saturated rings. The molecule has 1 atom stereocenters. The van der Waals surface area contributed by atoms with E-state index in [0.29, 0.717) is 36.9 Å². The monoisotopic (exact) mass is 374 g/mol. The number of piperidine rings is 1. The number of hydrogen-bond donors (Lipinski definition) is 1. The third-order valence-electron chi connectivity index (χ3n) is 5.25. The van der Waals surface area contributed by atoms with Crippen LogP contribution in [0.2, 0.25) is 5.02 Å². The van der Waals surface area contributed by atoms with Crippen LogP contribution in [0.5, 0.6) is 0 Å². The summed E-state index contributed by atoms with van der Waals surface area (Å²) < 4.78 is 2.00. The molecule has 1 aliphatic rings. The van der Waals surface area contributed by atoms with Crippen LogP contribution < -0.4 is 0 Å². The Kier molecular flexibility index (Phi) is 5.73. The smallest absolute Gasteiger partial charge is 0.245 e. The van der Waals surface area contributed by atoms with Gasteiger partial charge in [0, 0.05) is 30.5 Å². The predicted octanol–water partition coefficient (Wildman–Crippen LogP) is 4.24. The van der Waals surface area contributed by atoms with Crippen LogP contribution in [0, 0.1) is 5.92 Å². The molecule has 3 rings (SSSR count). The normalized spacial score (nSPS) is 18.1. The van der Waals surface area contributed by atoms with Gasteiger partial charge >= 0.3 is 0 Å². The maximum absolute atomic E-state index is 13.1.